The lowest BCUT2D eigenvalue weighted by Gasteiger charge is -2.33. The molecule has 2 heterocycles. The van der Waals surface area contributed by atoms with E-state index >= 15 is 0 Å². The molecule has 0 spiro atoms. The normalized spacial score (nSPS) is 20.2. The first-order chi connectivity index (χ1) is 14.7. The van der Waals surface area contributed by atoms with E-state index in [9.17, 15) is 9.59 Å². The lowest BCUT2D eigenvalue weighted by Crippen LogP contribution is -2.42. The Labute approximate surface area is 173 Å². The van der Waals surface area contributed by atoms with Gasteiger partial charge in [-0.1, -0.05) is 36.4 Å². The van der Waals surface area contributed by atoms with Gasteiger partial charge in [0.15, 0.2) is 12.2 Å². The Morgan fingerprint density at radius 2 is 1.50 bits per heavy atom. The van der Waals surface area contributed by atoms with Crippen molar-refractivity contribution in [1.82, 2.24) is 0 Å². The molecule has 0 aliphatic carbocycles. The number of carbonyl (C=O) groups excluding carboxylic acids is 2. The standard InChI is InChI=1S/C24H20O6/c25-23(17-8-3-1-4-9-17)29-16-21-22(30-24(26)18-10-5-2-6-11-18)19(13-15-28-21)20-12-7-14-27-20/h1-15,19,21-22H,16H2/t19-,21-,22+/m1/s1. The molecule has 6 nitrogen and oxygen atoms in total. The minimum absolute atomic E-state index is 0.0813. The van der Waals surface area contributed by atoms with Crippen LogP contribution in [-0.4, -0.2) is 30.8 Å². The second-order valence-corrected chi connectivity index (χ2v) is 6.74. The molecule has 4 rings (SSSR count). The van der Waals surface area contributed by atoms with Crippen LogP contribution in [0.2, 0.25) is 0 Å². The van der Waals surface area contributed by atoms with Gasteiger partial charge in [-0.2, -0.15) is 0 Å². The third kappa shape index (κ3) is 4.43. The fourth-order valence-corrected chi connectivity index (χ4v) is 3.25. The second-order valence-electron chi connectivity index (χ2n) is 6.74. The highest BCUT2D eigenvalue weighted by Gasteiger charge is 2.39. The molecule has 3 atom stereocenters. The van der Waals surface area contributed by atoms with Crippen molar-refractivity contribution in [3.05, 3.63) is 108 Å². The van der Waals surface area contributed by atoms with Crippen LogP contribution >= 0.6 is 0 Å². The molecule has 3 aromatic rings. The number of hydrogen-bond donors (Lipinski definition) is 0. The fraction of sp³-hybridized carbons (Fsp3) is 0.167. The Balaban J connectivity index is 1.52. The predicted molar refractivity (Wildman–Crippen MR) is 108 cm³/mol. The van der Waals surface area contributed by atoms with Crippen LogP contribution in [0.15, 0.2) is 95.8 Å². The first kappa shape index (κ1) is 19.5. The molecule has 6 heteroatoms. The van der Waals surface area contributed by atoms with Crippen molar-refractivity contribution in [1.29, 1.82) is 0 Å². The summed E-state index contributed by atoms with van der Waals surface area (Å²) >= 11 is 0. The Hall–Kier alpha value is -3.80. The highest BCUT2D eigenvalue weighted by Crippen LogP contribution is 2.32. The maximum Gasteiger partial charge on any atom is 0.338 e. The Morgan fingerprint density at radius 1 is 0.833 bits per heavy atom. The molecule has 0 amide bonds. The van der Waals surface area contributed by atoms with E-state index < -0.39 is 24.1 Å². The van der Waals surface area contributed by atoms with E-state index in [1.807, 2.05) is 12.1 Å². The van der Waals surface area contributed by atoms with E-state index in [1.165, 1.54) is 6.26 Å². The van der Waals surface area contributed by atoms with Gasteiger partial charge in [-0.3, -0.25) is 0 Å². The molecule has 1 aromatic heterocycles. The van der Waals surface area contributed by atoms with E-state index in [1.54, 1.807) is 73.0 Å². The van der Waals surface area contributed by atoms with Gasteiger partial charge in [-0.25, -0.2) is 9.59 Å². The molecule has 1 aliphatic heterocycles. The zero-order valence-corrected chi connectivity index (χ0v) is 16.0. The van der Waals surface area contributed by atoms with Crippen molar-refractivity contribution >= 4 is 11.9 Å². The molecule has 0 saturated heterocycles. The summed E-state index contributed by atoms with van der Waals surface area (Å²) in [6.07, 6.45) is 3.40. The van der Waals surface area contributed by atoms with Gasteiger partial charge in [0, 0.05) is 0 Å². The van der Waals surface area contributed by atoms with Gasteiger partial charge >= 0.3 is 11.9 Å². The zero-order valence-electron chi connectivity index (χ0n) is 16.0. The van der Waals surface area contributed by atoms with Gasteiger partial charge in [0.05, 0.1) is 29.6 Å². The van der Waals surface area contributed by atoms with Crippen molar-refractivity contribution in [2.75, 3.05) is 6.61 Å². The molecule has 0 radical (unpaired) electrons. The number of benzene rings is 2. The third-order valence-corrected chi connectivity index (χ3v) is 4.77. The average Bonchev–Trinajstić information content (AvgIpc) is 3.34. The summed E-state index contributed by atoms with van der Waals surface area (Å²) in [5.41, 5.74) is 0.856. The van der Waals surface area contributed by atoms with E-state index in [4.69, 9.17) is 18.6 Å². The fourth-order valence-electron chi connectivity index (χ4n) is 3.25. The summed E-state index contributed by atoms with van der Waals surface area (Å²) in [4.78, 5) is 25.0. The molecule has 1 aliphatic rings. The molecule has 0 unspecified atom stereocenters. The van der Waals surface area contributed by atoms with E-state index in [0.717, 1.165) is 0 Å². The highest BCUT2D eigenvalue weighted by molar-refractivity contribution is 5.90. The maximum absolute atomic E-state index is 12.7. The van der Waals surface area contributed by atoms with Crippen molar-refractivity contribution in [2.24, 2.45) is 0 Å². The summed E-state index contributed by atoms with van der Waals surface area (Å²) in [6.45, 7) is -0.0813. The highest BCUT2D eigenvalue weighted by atomic mass is 16.6. The number of esters is 2. The van der Waals surface area contributed by atoms with Crippen LogP contribution in [0, 0.1) is 0 Å². The summed E-state index contributed by atoms with van der Waals surface area (Å²) < 4.78 is 22.4. The average molecular weight is 404 g/mol. The van der Waals surface area contributed by atoms with Crippen LogP contribution in [0.25, 0.3) is 0 Å². The summed E-state index contributed by atoms with van der Waals surface area (Å²) in [5, 5.41) is 0. The first-order valence-corrected chi connectivity index (χ1v) is 9.56. The quantitative estimate of drug-likeness (QED) is 0.569. The van der Waals surface area contributed by atoms with Gasteiger partial charge < -0.3 is 18.6 Å². The summed E-state index contributed by atoms with van der Waals surface area (Å²) in [5.74, 6) is -0.714. The van der Waals surface area contributed by atoms with Crippen molar-refractivity contribution in [2.45, 2.75) is 18.1 Å². The van der Waals surface area contributed by atoms with Crippen LogP contribution < -0.4 is 0 Å². The number of carbonyl (C=O) groups is 2. The first-order valence-electron chi connectivity index (χ1n) is 9.56. The van der Waals surface area contributed by atoms with E-state index in [2.05, 4.69) is 0 Å². The maximum atomic E-state index is 12.7. The summed E-state index contributed by atoms with van der Waals surface area (Å²) in [6, 6.07) is 20.9. The van der Waals surface area contributed by atoms with Crippen molar-refractivity contribution in [3.63, 3.8) is 0 Å². The SMILES string of the molecule is O=C(OC[C@H]1OC=C[C@H](c2ccco2)[C@@H]1OC(=O)c1ccccc1)c1ccccc1. The molecule has 0 bridgehead atoms. The Bertz CT molecular complexity index is 995. The zero-order chi connectivity index (χ0) is 20.8. The van der Waals surface area contributed by atoms with Gasteiger partial charge in [0.2, 0.25) is 0 Å². The monoisotopic (exact) mass is 404 g/mol. The van der Waals surface area contributed by atoms with E-state index in [-0.39, 0.29) is 12.5 Å². The van der Waals surface area contributed by atoms with Crippen LogP contribution in [0.1, 0.15) is 32.4 Å². The molecular formula is C24H20O6. The van der Waals surface area contributed by atoms with Crippen molar-refractivity contribution < 1.29 is 28.2 Å². The topological polar surface area (TPSA) is 75.0 Å². The third-order valence-electron chi connectivity index (χ3n) is 4.77. The molecule has 30 heavy (non-hydrogen) atoms. The lowest BCUT2D eigenvalue weighted by molar-refractivity contribution is -0.0635. The minimum Gasteiger partial charge on any atom is -0.491 e. The van der Waals surface area contributed by atoms with Gasteiger partial charge in [-0.15, -0.1) is 0 Å². The van der Waals surface area contributed by atoms with Crippen LogP contribution in [-0.2, 0) is 14.2 Å². The van der Waals surface area contributed by atoms with Crippen molar-refractivity contribution in [3.8, 4) is 0 Å². The van der Waals surface area contributed by atoms with Gasteiger partial charge in [0.25, 0.3) is 0 Å². The smallest absolute Gasteiger partial charge is 0.338 e. The predicted octanol–water partition coefficient (Wildman–Crippen LogP) is 4.36. The number of furan rings is 1. The molecule has 0 saturated carbocycles. The lowest BCUT2D eigenvalue weighted by atomic mass is 9.93. The largest absolute Gasteiger partial charge is 0.491 e. The summed E-state index contributed by atoms with van der Waals surface area (Å²) in [7, 11) is 0. The number of ether oxygens (including phenoxy) is 3. The number of rotatable bonds is 6. The molecule has 152 valence electrons. The minimum atomic E-state index is -0.738. The second kappa shape index (κ2) is 9.13. The number of hydrogen-bond acceptors (Lipinski definition) is 6. The molecular weight excluding hydrogens is 384 g/mol. The molecule has 0 N–H and O–H groups in total. The Morgan fingerprint density at radius 3 is 2.13 bits per heavy atom. The molecule has 0 fully saturated rings. The molecule has 2 aromatic carbocycles. The van der Waals surface area contributed by atoms with Gasteiger partial charge in [-0.05, 0) is 42.5 Å². The van der Waals surface area contributed by atoms with Crippen LogP contribution in [0.5, 0.6) is 0 Å². The van der Waals surface area contributed by atoms with Gasteiger partial charge in [0.1, 0.15) is 12.4 Å². The van der Waals surface area contributed by atoms with Crippen LogP contribution in [0.3, 0.4) is 0 Å². The van der Waals surface area contributed by atoms with Crippen LogP contribution in [0.4, 0.5) is 0 Å². The Kier molecular flexibility index (Phi) is 5.94. The van der Waals surface area contributed by atoms with E-state index in [0.29, 0.717) is 16.9 Å².